The molecule has 0 unspecified atom stereocenters. The van der Waals surface area contributed by atoms with Gasteiger partial charge in [-0.25, -0.2) is 0 Å². The topological polar surface area (TPSA) is 191 Å². The first-order valence-corrected chi connectivity index (χ1v) is 14.3. The zero-order chi connectivity index (χ0) is 29.2. The van der Waals surface area contributed by atoms with Crippen LogP contribution < -0.4 is 10.6 Å². The number of hydrogen-bond acceptors (Lipinski definition) is 12. The van der Waals surface area contributed by atoms with Gasteiger partial charge in [0.25, 0.3) is 11.8 Å². The summed E-state index contributed by atoms with van der Waals surface area (Å²) in [7, 11) is 0. The summed E-state index contributed by atoms with van der Waals surface area (Å²) in [4.78, 5) is 24.6. The number of rotatable bonds is 13. The molecule has 0 saturated carbocycles. The fraction of sp³-hybridized carbons (Fsp3) is 0.259. The number of aromatic nitrogens is 4. The lowest BCUT2D eigenvalue weighted by atomic mass is 10.0. The van der Waals surface area contributed by atoms with Crippen molar-refractivity contribution in [1.82, 2.24) is 20.4 Å². The van der Waals surface area contributed by atoms with Gasteiger partial charge in [-0.2, -0.15) is 0 Å². The van der Waals surface area contributed by atoms with E-state index in [1.165, 1.54) is 22.7 Å². The van der Waals surface area contributed by atoms with Crippen LogP contribution in [0.25, 0.3) is 5.76 Å². The second-order valence-electron chi connectivity index (χ2n) is 8.85. The summed E-state index contributed by atoms with van der Waals surface area (Å²) in [6.45, 7) is 0. The van der Waals surface area contributed by atoms with E-state index in [1.54, 1.807) is 60.7 Å². The maximum absolute atomic E-state index is 12.3. The van der Waals surface area contributed by atoms with Crippen LogP contribution in [0.5, 0.6) is 0 Å². The van der Waals surface area contributed by atoms with Gasteiger partial charge in [0.2, 0.25) is 10.3 Å². The van der Waals surface area contributed by atoms with Crippen molar-refractivity contribution >= 4 is 50.5 Å². The van der Waals surface area contributed by atoms with Crippen LogP contribution in [0.3, 0.4) is 0 Å². The van der Waals surface area contributed by atoms with E-state index in [2.05, 4.69) is 31.0 Å². The Bertz CT molecular complexity index is 1460. The molecule has 0 fully saturated rings. The van der Waals surface area contributed by atoms with Crippen molar-refractivity contribution in [1.29, 1.82) is 0 Å². The number of unbranched alkanes of at least 4 members (excludes halogenated alkanes) is 1. The number of hydrogen-bond donors (Lipinski definition) is 6. The fourth-order valence-electron chi connectivity index (χ4n) is 3.63. The Hall–Kier alpha value is -4.08. The summed E-state index contributed by atoms with van der Waals surface area (Å²) >= 11 is 2.37. The van der Waals surface area contributed by atoms with Crippen molar-refractivity contribution in [2.45, 2.75) is 44.0 Å². The predicted molar refractivity (Wildman–Crippen MR) is 154 cm³/mol. The van der Waals surface area contributed by atoms with Gasteiger partial charge in [-0.05, 0) is 24.5 Å². The first-order valence-electron chi connectivity index (χ1n) is 12.6. The van der Waals surface area contributed by atoms with E-state index >= 15 is 0 Å². The van der Waals surface area contributed by atoms with E-state index in [1.807, 2.05) is 0 Å². The molecule has 6 N–H and O–H groups in total. The zero-order valence-corrected chi connectivity index (χ0v) is 23.3. The minimum Gasteiger partial charge on any atom is -0.508 e. The average molecular weight is 597 g/mol. The molecule has 4 rings (SSSR count). The minimum absolute atomic E-state index is 0.212. The SMILES string of the molecule is O=C(Nc1nnc(CCCCc2nnc(NC(=O)[C@@H](O)C=C(O)c3ccccc3)s2)s1)[C@@H](O)[C@H](O)c1ccccc1. The summed E-state index contributed by atoms with van der Waals surface area (Å²) in [6, 6.07) is 17.0. The van der Waals surface area contributed by atoms with Crippen molar-refractivity contribution in [3.8, 4) is 0 Å². The summed E-state index contributed by atoms with van der Waals surface area (Å²) in [6.07, 6.45) is -0.830. The van der Waals surface area contributed by atoms with E-state index in [-0.39, 0.29) is 16.0 Å². The van der Waals surface area contributed by atoms with Gasteiger partial charge in [0, 0.05) is 18.4 Å². The third-order valence-corrected chi connectivity index (χ3v) is 7.58. The minimum atomic E-state index is -1.66. The highest BCUT2D eigenvalue weighted by molar-refractivity contribution is 7.15. The molecule has 2 aromatic carbocycles. The number of nitrogens with zero attached hydrogens (tertiary/aromatic N) is 4. The maximum atomic E-state index is 12.3. The molecular weight excluding hydrogens is 568 g/mol. The van der Waals surface area contributed by atoms with Crippen LogP contribution in [0.1, 0.15) is 40.1 Å². The second kappa shape index (κ2) is 14.5. The monoisotopic (exact) mass is 596 g/mol. The lowest BCUT2D eigenvalue weighted by Gasteiger charge is -2.16. The molecule has 2 aromatic heterocycles. The molecular formula is C27H28N6O6S2. The van der Waals surface area contributed by atoms with Crippen LogP contribution in [0, 0.1) is 0 Å². The van der Waals surface area contributed by atoms with Gasteiger partial charge in [-0.1, -0.05) is 83.3 Å². The lowest BCUT2D eigenvalue weighted by Crippen LogP contribution is -2.33. The summed E-state index contributed by atoms with van der Waals surface area (Å²) < 4.78 is 0. The standard InChI is InChI=1S/C27H28N6O6S2/c34-18(16-9-3-1-4-10-16)15-19(35)24(38)28-26-32-30-20(40-26)13-7-8-14-21-31-33-27(41-21)29-25(39)23(37)22(36)17-11-5-2-6-12-17/h1-6,9-12,15,19,22-23,34-37H,7-8,13-14H2,(H,28,32,38)(H,29,33,39)/t19-,22+,23-/m0/s1. The third-order valence-electron chi connectivity index (χ3n) is 5.79. The van der Waals surface area contributed by atoms with Crippen LogP contribution >= 0.6 is 22.7 Å². The Morgan fingerprint density at radius 1 is 0.756 bits per heavy atom. The van der Waals surface area contributed by atoms with Gasteiger partial charge in [0.05, 0.1) is 0 Å². The van der Waals surface area contributed by atoms with Gasteiger partial charge >= 0.3 is 0 Å². The highest BCUT2D eigenvalue weighted by atomic mass is 32.1. The highest BCUT2D eigenvalue weighted by Crippen LogP contribution is 2.22. The van der Waals surface area contributed by atoms with Gasteiger partial charge in [0.1, 0.15) is 21.9 Å². The maximum Gasteiger partial charge on any atom is 0.259 e. The normalized spacial score (nSPS) is 13.8. The number of carbonyl (C=O) groups excluding carboxylic acids is 2. The predicted octanol–water partition coefficient (Wildman–Crippen LogP) is 2.89. The summed E-state index contributed by atoms with van der Waals surface area (Å²) in [5.41, 5.74) is 0.899. The Balaban J connectivity index is 1.18. The number of carbonyl (C=O) groups is 2. The van der Waals surface area contributed by atoms with Crippen LogP contribution in [0.15, 0.2) is 66.7 Å². The van der Waals surface area contributed by atoms with Gasteiger partial charge in [-0.15, -0.1) is 20.4 Å². The first-order chi connectivity index (χ1) is 19.8. The molecule has 0 bridgehead atoms. The van der Waals surface area contributed by atoms with Gasteiger partial charge in [0.15, 0.2) is 12.2 Å². The van der Waals surface area contributed by atoms with Gasteiger partial charge < -0.3 is 20.4 Å². The molecule has 2 amide bonds. The number of benzene rings is 2. The second-order valence-corrected chi connectivity index (χ2v) is 11.0. The van der Waals surface area contributed by atoms with Crippen molar-refractivity contribution in [2.75, 3.05) is 10.6 Å². The largest absolute Gasteiger partial charge is 0.508 e. The van der Waals surface area contributed by atoms with Crippen LogP contribution in [-0.4, -0.2) is 64.8 Å². The molecule has 3 atom stereocenters. The molecule has 214 valence electrons. The smallest absolute Gasteiger partial charge is 0.259 e. The Morgan fingerprint density at radius 2 is 1.27 bits per heavy atom. The first kappa shape index (κ1) is 29.9. The molecule has 0 aliphatic rings. The average Bonchev–Trinajstić information content (AvgIpc) is 3.64. The molecule has 4 aromatic rings. The van der Waals surface area contributed by atoms with Crippen LogP contribution in [0.2, 0.25) is 0 Å². The van der Waals surface area contributed by atoms with E-state index in [0.717, 1.165) is 18.9 Å². The molecule has 0 spiro atoms. The number of aryl methyl sites for hydroxylation is 2. The van der Waals surface area contributed by atoms with Crippen molar-refractivity contribution in [2.24, 2.45) is 0 Å². The van der Waals surface area contributed by atoms with E-state index < -0.39 is 30.1 Å². The Kier molecular flexibility index (Phi) is 10.6. The van der Waals surface area contributed by atoms with E-state index in [0.29, 0.717) is 34.0 Å². The lowest BCUT2D eigenvalue weighted by molar-refractivity contribution is -0.130. The molecule has 12 nitrogen and oxygen atoms in total. The number of nitrogens with one attached hydrogen (secondary N) is 2. The van der Waals surface area contributed by atoms with E-state index in [4.69, 9.17) is 0 Å². The molecule has 41 heavy (non-hydrogen) atoms. The number of amides is 2. The van der Waals surface area contributed by atoms with Crippen molar-refractivity contribution < 1.29 is 30.0 Å². The van der Waals surface area contributed by atoms with Crippen LogP contribution in [0.4, 0.5) is 10.3 Å². The Labute approximate surface area is 243 Å². The number of aliphatic hydroxyl groups excluding tert-OH is 4. The van der Waals surface area contributed by atoms with Gasteiger partial charge in [-0.3, -0.25) is 20.2 Å². The summed E-state index contributed by atoms with van der Waals surface area (Å²) in [5.74, 6) is -1.73. The molecule has 0 aliphatic carbocycles. The molecule has 2 heterocycles. The third kappa shape index (κ3) is 8.70. The number of aliphatic hydroxyl groups is 4. The Morgan fingerprint density at radius 3 is 1.83 bits per heavy atom. The molecule has 0 radical (unpaired) electrons. The zero-order valence-electron chi connectivity index (χ0n) is 21.6. The highest BCUT2D eigenvalue weighted by Gasteiger charge is 2.26. The van der Waals surface area contributed by atoms with Crippen molar-refractivity contribution in [3.63, 3.8) is 0 Å². The summed E-state index contributed by atoms with van der Waals surface area (Å²) in [5, 5.41) is 63.4. The quantitative estimate of drug-likeness (QED) is 0.0988. The number of anilines is 2. The van der Waals surface area contributed by atoms with Crippen LogP contribution in [-0.2, 0) is 22.4 Å². The molecule has 0 saturated heterocycles. The van der Waals surface area contributed by atoms with E-state index in [9.17, 15) is 30.0 Å². The van der Waals surface area contributed by atoms with Crippen molar-refractivity contribution in [3.05, 3.63) is 87.9 Å². The fourth-order valence-corrected chi connectivity index (χ4v) is 5.20. The molecule has 14 heteroatoms. The molecule has 0 aliphatic heterocycles.